The van der Waals surface area contributed by atoms with Crippen molar-refractivity contribution in [3.05, 3.63) is 35.6 Å². The van der Waals surface area contributed by atoms with Gasteiger partial charge in [-0.2, -0.15) is 0 Å². The second-order valence-corrected chi connectivity index (χ2v) is 5.88. The van der Waals surface area contributed by atoms with Gasteiger partial charge in [-0.1, -0.05) is 12.1 Å². The Morgan fingerprint density at radius 2 is 1.96 bits per heavy atom. The van der Waals surface area contributed by atoms with Gasteiger partial charge in [-0.05, 0) is 37.0 Å². The molecule has 0 spiro atoms. The van der Waals surface area contributed by atoms with E-state index in [9.17, 15) is 14.0 Å². The van der Waals surface area contributed by atoms with E-state index in [-0.39, 0.29) is 42.5 Å². The molecule has 2 amide bonds. The van der Waals surface area contributed by atoms with E-state index in [0.717, 1.165) is 24.8 Å². The van der Waals surface area contributed by atoms with Gasteiger partial charge in [-0.25, -0.2) is 4.39 Å². The van der Waals surface area contributed by atoms with E-state index in [2.05, 4.69) is 5.32 Å². The third kappa shape index (κ3) is 6.09. The molecule has 0 radical (unpaired) electrons. The Bertz CT molecular complexity index is 539. The molecule has 1 saturated heterocycles. The molecular formula is C17H25ClFN3O2. The predicted molar refractivity (Wildman–Crippen MR) is 93.4 cm³/mol. The number of piperidine rings is 1. The number of rotatable bonds is 6. The van der Waals surface area contributed by atoms with Crippen molar-refractivity contribution in [3.8, 4) is 0 Å². The van der Waals surface area contributed by atoms with Crippen LogP contribution in [-0.2, 0) is 16.0 Å². The van der Waals surface area contributed by atoms with Gasteiger partial charge in [0.15, 0.2) is 0 Å². The van der Waals surface area contributed by atoms with Crippen LogP contribution in [0.4, 0.5) is 4.39 Å². The maximum atomic E-state index is 12.9. The highest BCUT2D eigenvalue weighted by Gasteiger charge is 2.26. The van der Waals surface area contributed by atoms with E-state index >= 15 is 0 Å². The summed E-state index contributed by atoms with van der Waals surface area (Å²) >= 11 is 0. The Balaban J connectivity index is 0.00000288. The molecule has 0 aliphatic carbocycles. The zero-order valence-corrected chi connectivity index (χ0v) is 14.5. The zero-order valence-electron chi connectivity index (χ0n) is 13.7. The van der Waals surface area contributed by atoms with Crippen molar-refractivity contribution < 1.29 is 14.0 Å². The van der Waals surface area contributed by atoms with Crippen LogP contribution in [0.1, 0.15) is 31.2 Å². The molecule has 1 aromatic rings. The summed E-state index contributed by atoms with van der Waals surface area (Å²) in [5, 5.41) is 2.85. The molecular weight excluding hydrogens is 333 g/mol. The predicted octanol–water partition coefficient (Wildman–Crippen LogP) is 1.64. The summed E-state index contributed by atoms with van der Waals surface area (Å²) in [6, 6.07) is 6.02. The van der Waals surface area contributed by atoms with Gasteiger partial charge in [-0.15, -0.1) is 12.4 Å². The average molecular weight is 358 g/mol. The van der Waals surface area contributed by atoms with Crippen LogP contribution in [-0.4, -0.2) is 42.4 Å². The number of hydrogen-bond acceptors (Lipinski definition) is 3. The fourth-order valence-corrected chi connectivity index (χ4v) is 2.87. The van der Waals surface area contributed by atoms with Crippen molar-refractivity contribution in [3.63, 3.8) is 0 Å². The quantitative estimate of drug-likeness (QED) is 0.812. The summed E-state index contributed by atoms with van der Waals surface area (Å²) in [4.78, 5) is 25.9. The van der Waals surface area contributed by atoms with Crippen LogP contribution in [0.25, 0.3) is 0 Å². The molecule has 1 fully saturated rings. The summed E-state index contributed by atoms with van der Waals surface area (Å²) in [6.45, 7) is 1.50. The molecule has 1 atom stereocenters. The van der Waals surface area contributed by atoms with Crippen LogP contribution in [0.2, 0.25) is 0 Å². The molecule has 3 N–H and O–H groups in total. The first-order valence-corrected chi connectivity index (χ1v) is 8.11. The molecule has 0 saturated carbocycles. The first-order chi connectivity index (χ1) is 11.1. The highest BCUT2D eigenvalue weighted by Crippen LogP contribution is 2.18. The van der Waals surface area contributed by atoms with E-state index in [1.54, 1.807) is 12.1 Å². The lowest BCUT2D eigenvalue weighted by atomic mass is 10.0. The van der Waals surface area contributed by atoms with Crippen molar-refractivity contribution in [1.29, 1.82) is 0 Å². The van der Waals surface area contributed by atoms with E-state index < -0.39 is 0 Å². The molecule has 0 aromatic heterocycles. The number of amides is 2. The second kappa shape index (κ2) is 10.3. The highest BCUT2D eigenvalue weighted by atomic mass is 35.5. The standard InChI is InChI=1S/C17H24FN3O2.ClH/c18-14-6-4-13(5-7-14)11-17(23)21-10-2-1-3-15(21)12-20-16(22)8-9-19;/h4-7,15H,1-3,8-12,19H2,(H,20,22);1H. The van der Waals surface area contributed by atoms with Gasteiger partial charge in [0, 0.05) is 32.1 Å². The minimum absolute atomic E-state index is 0. The van der Waals surface area contributed by atoms with E-state index in [0.29, 0.717) is 26.1 Å². The van der Waals surface area contributed by atoms with Crippen LogP contribution >= 0.6 is 12.4 Å². The first kappa shape index (κ1) is 20.4. The number of carbonyl (C=O) groups excluding carboxylic acids is 2. The van der Waals surface area contributed by atoms with Gasteiger partial charge < -0.3 is 16.0 Å². The van der Waals surface area contributed by atoms with Gasteiger partial charge in [0.2, 0.25) is 11.8 Å². The topological polar surface area (TPSA) is 75.4 Å². The summed E-state index contributed by atoms with van der Waals surface area (Å²) < 4.78 is 12.9. The van der Waals surface area contributed by atoms with Crippen LogP contribution in [0.5, 0.6) is 0 Å². The van der Waals surface area contributed by atoms with Crippen LogP contribution in [0.3, 0.4) is 0 Å². The SMILES string of the molecule is Cl.NCCC(=O)NCC1CCCCN1C(=O)Cc1ccc(F)cc1. The van der Waals surface area contributed by atoms with Crippen molar-refractivity contribution in [2.24, 2.45) is 5.73 Å². The van der Waals surface area contributed by atoms with Gasteiger partial charge >= 0.3 is 0 Å². The Morgan fingerprint density at radius 3 is 2.62 bits per heavy atom. The van der Waals surface area contributed by atoms with Crippen molar-refractivity contribution in [2.45, 2.75) is 38.1 Å². The molecule has 24 heavy (non-hydrogen) atoms. The van der Waals surface area contributed by atoms with Gasteiger partial charge in [0.1, 0.15) is 5.82 Å². The largest absolute Gasteiger partial charge is 0.354 e. The Hall–Kier alpha value is -1.66. The van der Waals surface area contributed by atoms with Crippen LogP contribution in [0.15, 0.2) is 24.3 Å². The zero-order chi connectivity index (χ0) is 16.7. The number of carbonyl (C=O) groups is 2. The van der Waals surface area contributed by atoms with E-state index in [1.807, 2.05) is 4.90 Å². The molecule has 7 heteroatoms. The second-order valence-electron chi connectivity index (χ2n) is 5.88. The number of nitrogens with one attached hydrogen (secondary N) is 1. The number of hydrogen-bond donors (Lipinski definition) is 2. The van der Waals surface area contributed by atoms with Gasteiger partial charge in [0.25, 0.3) is 0 Å². The van der Waals surface area contributed by atoms with Gasteiger partial charge in [-0.3, -0.25) is 9.59 Å². The van der Waals surface area contributed by atoms with Crippen LogP contribution in [0, 0.1) is 5.82 Å². The Labute approximate surface area is 148 Å². The third-order valence-electron chi connectivity index (χ3n) is 4.12. The first-order valence-electron chi connectivity index (χ1n) is 8.11. The lowest BCUT2D eigenvalue weighted by Gasteiger charge is -2.36. The molecule has 2 rings (SSSR count). The minimum Gasteiger partial charge on any atom is -0.354 e. The normalized spacial score (nSPS) is 17.1. The van der Waals surface area contributed by atoms with E-state index in [1.165, 1.54) is 12.1 Å². The number of nitrogens with two attached hydrogens (primary N) is 1. The lowest BCUT2D eigenvalue weighted by molar-refractivity contribution is -0.134. The molecule has 1 aliphatic heterocycles. The average Bonchev–Trinajstić information content (AvgIpc) is 2.55. The molecule has 5 nitrogen and oxygen atoms in total. The van der Waals surface area contributed by atoms with Crippen molar-refractivity contribution in [2.75, 3.05) is 19.6 Å². The summed E-state index contributed by atoms with van der Waals surface area (Å²) in [6.07, 6.45) is 3.47. The molecule has 1 aromatic carbocycles. The van der Waals surface area contributed by atoms with Crippen molar-refractivity contribution in [1.82, 2.24) is 10.2 Å². The summed E-state index contributed by atoms with van der Waals surface area (Å²) in [5.74, 6) is -0.363. The third-order valence-corrected chi connectivity index (χ3v) is 4.12. The summed E-state index contributed by atoms with van der Waals surface area (Å²) in [7, 11) is 0. The number of benzene rings is 1. The Morgan fingerprint density at radius 1 is 1.25 bits per heavy atom. The molecule has 134 valence electrons. The smallest absolute Gasteiger partial charge is 0.227 e. The maximum Gasteiger partial charge on any atom is 0.227 e. The molecule has 1 heterocycles. The summed E-state index contributed by atoms with van der Waals surface area (Å²) in [5.41, 5.74) is 6.16. The maximum absolute atomic E-state index is 12.9. The number of halogens is 2. The number of nitrogens with zero attached hydrogens (tertiary/aromatic N) is 1. The monoisotopic (exact) mass is 357 g/mol. The number of likely N-dealkylation sites (tertiary alicyclic amines) is 1. The van der Waals surface area contributed by atoms with Gasteiger partial charge in [0.05, 0.1) is 6.42 Å². The van der Waals surface area contributed by atoms with E-state index in [4.69, 9.17) is 5.73 Å². The molecule has 0 bridgehead atoms. The van der Waals surface area contributed by atoms with Crippen LogP contribution < -0.4 is 11.1 Å². The highest BCUT2D eigenvalue weighted by molar-refractivity contribution is 5.85. The fraction of sp³-hybridized carbons (Fsp3) is 0.529. The fourth-order valence-electron chi connectivity index (χ4n) is 2.87. The van der Waals surface area contributed by atoms with Crippen molar-refractivity contribution >= 4 is 24.2 Å². The lowest BCUT2D eigenvalue weighted by Crippen LogP contribution is -2.50. The minimum atomic E-state index is -0.306. The molecule has 1 aliphatic rings. The molecule has 1 unspecified atom stereocenters. The Kier molecular flexibility index (Phi) is 8.71.